The van der Waals surface area contributed by atoms with Gasteiger partial charge in [-0.15, -0.1) is 10.2 Å². The number of hydrogen-bond donors (Lipinski definition) is 0. The highest BCUT2D eigenvalue weighted by molar-refractivity contribution is 7.16. The molecule has 208 valence electrons. The van der Waals surface area contributed by atoms with E-state index in [-0.39, 0.29) is 5.01 Å². The fourth-order valence-electron chi connectivity index (χ4n) is 3.60. The number of ether oxygens (including phenoxy) is 5. The maximum absolute atomic E-state index is 12.2. The molecule has 0 unspecified atom stereocenters. The Labute approximate surface area is 226 Å². The summed E-state index contributed by atoms with van der Waals surface area (Å²) >= 11 is 0.975. The van der Waals surface area contributed by atoms with Gasteiger partial charge >= 0.3 is 29.8 Å². The lowest BCUT2D eigenvalue weighted by molar-refractivity contribution is -0.203. The van der Waals surface area contributed by atoms with E-state index in [9.17, 15) is 24.0 Å². The van der Waals surface area contributed by atoms with Crippen LogP contribution in [-0.2, 0) is 47.7 Å². The molecule has 0 amide bonds. The monoisotopic (exact) mass is 562 g/mol. The molecular weight excluding hydrogens is 536 g/mol. The lowest BCUT2D eigenvalue weighted by atomic mass is 10.0. The minimum atomic E-state index is -1.58. The zero-order valence-electron chi connectivity index (χ0n) is 21.7. The molecule has 0 aliphatic rings. The first-order valence-electron chi connectivity index (χ1n) is 11.6. The minimum Gasteiger partial charge on any atom is -0.462 e. The van der Waals surface area contributed by atoms with Crippen molar-refractivity contribution in [1.82, 2.24) is 19.8 Å². The summed E-state index contributed by atoms with van der Waals surface area (Å²) in [5.41, 5.74) is 0.705. The molecule has 0 saturated heterocycles. The third-order valence-electron chi connectivity index (χ3n) is 4.94. The van der Waals surface area contributed by atoms with Gasteiger partial charge in [0.2, 0.25) is 4.96 Å². The molecule has 4 atom stereocenters. The SMILES string of the molecule is CC(=O)OC[C@@H](OC(C)=O)[C@@H](OC(C)=O)[C@H](OC(C)=O)[C@@H](OC(C)=O)c1nn2c(-c3ccccc3)nnc2s1. The molecule has 0 radical (unpaired) electrons. The fraction of sp³-hybridized carbons (Fsp3) is 0.417. The molecule has 3 rings (SSSR count). The average Bonchev–Trinajstić information content (AvgIpc) is 3.43. The van der Waals surface area contributed by atoms with Crippen LogP contribution in [0, 0.1) is 0 Å². The number of carbonyl (C=O) groups is 5. The fourth-order valence-corrected chi connectivity index (χ4v) is 4.50. The Morgan fingerprint density at radius 2 is 1.36 bits per heavy atom. The predicted molar refractivity (Wildman–Crippen MR) is 132 cm³/mol. The Morgan fingerprint density at radius 1 is 0.769 bits per heavy atom. The van der Waals surface area contributed by atoms with Crippen molar-refractivity contribution in [1.29, 1.82) is 0 Å². The zero-order valence-corrected chi connectivity index (χ0v) is 22.5. The molecule has 0 bridgehead atoms. The van der Waals surface area contributed by atoms with Crippen LogP contribution in [0.3, 0.4) is 0 Å². The summed E-state index contributed by atoms with van der Waals surface area (Å²) in [7, 11) is 0. The lowest BCUT2D eigenvalue weighted by Gasteiger charge is -2.34. The largest absolute Gasteiger partial charge is 0.462 e. The Morgan fingerprint density at radius 3 is 1.92 bits per heavy atom. The van der Waals surface area contributed by atoms with Crippen molar-refractivity contribution in [2.24, 2.45) is 0 Å². The van der Waals surface area contributed by atoms with Gasteiger partial charge in [0.15, 0.2) is 35.2 Å². The Balaban J connectivity index is 2.14. The standard InChI is InChI=1S/C24H26N4O10S/c1-12(29)34-11-18(35-13(2)30)19(36-14(3)31)20(37-15(4)32)21(38-16(5)33)23-27-28-22(25-26-24(28)39-23)17-9-7-6-8-10-17/h6-10,18-21H,11H2,1-5H3/t18-,19-,20+,21-/m1/s1. The molecule has 0 spiro atoms. The van der Waals surface area contributed by atoms with Crippen LogP contribution in [0.1, 0.15) is 45.7 Å². The molecule has 0 saturated carbocycles. The van der Waals surface area contributed by atoms with E-state index in [2.05, 4.69) is 15.3 Å². The van der Waals surface area contributed by atoms with Gasteiger partial charge in [0.05, 0.1) is 0 Å². The van der Waals surface area contributed by atoms with Gasteiger partial charge in [-0.3, -0.25) is 24.0 Å². The summed E-state index contributed by atoms with van der Waals surface area (Å²) in [6, 6.07) is 9.06. The van der Waals surface area contributed by atoms with E-state index >= 15 is 0 Å². The van der Waals surface area contributed by atoms with Crippen LogP contribution in [0.2, 0.25) is 0 Å². The van der Waals surface area contributed by atoms with Crippen LogP contribution < -0.4 is 0 Å². The van der Waals surface area contributed by atoms with Crippen LogP contribution in [-0.4, -0.2) is 74.6 Å². The molecule has 39 heavy (non-hydrogen) atoms. The quantitative estimate of drug-likeness (QED) is 0.245. The summed E-state index contributed by atoms with van der Waals surface area (Å²) in [5, 5.41) is 12.9. The summed E-state index contributed by atoms with van der Waals surface area (Å²) in [6.45, 7) is 4.94. The summed E-state index contributed by atoms with van der Waals surface area (Å²) < 4.78 is 28.1. The molecule has 15 heteroatoms. The Kier molecular flexibility index (Phi) is 9.65. The third kappa shape index (κ3) is 7.80. The van der Waals surface area contributed by atoms with Gasteiger partial charge in [-0.25, -0.2) is 0 Å². The first-order valence-corrected chi connectivity index (χ1v) is 12.4. The van der Waals surface area contributed by atoms with Crippen LogP contribution >= 0.6 is 11.3 Å². The van der Waals surface area contributed by atoms with Crippen molar-refractivity contribution >= 4 is 46.1 Å². The molecule has 1 aromatic carbocycles. The highest BCUT2D eigenvalue weighted by Gasteiger charge is 2.46. The normalized spacial score (nSPS) is 14.0. The van der Waals surface area contributed by atoms with E-state index in [0.717, 1.165) is 46.0 Å². The van der Waals surface area contributed by atoms with Gasteiger partial charge in [0, 0.05) is 40.2 Å². The van der Waals surface area contributed by atoms with Gasteiger partial charge in [-0.05, 0) is 0 Å². The van der Waals surface area contributed by atoms with E-state index in [0.29, 0.717) is 16.3 Å². The number of fused-ring (bicyclic) bond motifs is 1. The van der Waals surface area contributed by atoms with Gasteiger partial charge in [-0.2, -0.15) is 9.61 Å². The number of esters is 5. The van der Waals surface area contributed by atoms with Crippen LogP contribution in [0.5, 0.6) is 0 Å². The average molecular weight is 563 g/mol. The molecular formula is C24H26N4O10S. The van der Waals surface area contributed by atoms with Crippen LogP contribution in [0.4, 0.5) is 0 Å². The molecule has 0 N–H and O–H groups in total. The second kappa shape index (κ2) is 12.9. The van der Waals surface area contributed by atoms with Crippen molar-refractivity contribution < 1.29 is 47.7 Å². The zero-order chi connectivity index (χ0) is 28.7. The van der Waals surface area contributed by atoms with Crippen LogP contribution in [0.15, 0.2) is 30.3 Å². The van der Waals surface area contributed by atoms with Crippen molar-refractivity contribution in [2.45, 2.75) is 59.0 Å². The van der Waals surface area contributed by atoms with Gasteiger partial charge < -0.3 is 23.7 Å². The van der Waals surface area contributed by atoms with Crippen molar-refractivity contribution in [3.8, 4) is 11.4 Å². The maximum Gasteiger partial charge on any atom is 0.303 e. The summed E-state index contributed by atoms with van der Waals surface area (Å²) in [4.78, 5) is 60.2. The third-order valence-corrected chi connectivity index (χ3v) is 5.90. The maximum atomic E-state index is 12.2. The molecule has 2 heterocycles. The summed E-state index contributed by atoms with van der Waals surface area (Å²) in [5.74, 6) is -3.59. The van der Waals surface area contributed by atoms with Gasteiger partial charge in [-0.1, -0.05) is 41.7 Å². The molecule has 14 nitrogen and oxygen atoms in total. The topological polar surface area (TPSA) is 175 Å². The van der Waals surface area contributed by atoms with Crippen LogP contribution in [0.25, 0.3) is 16.3 Å². The second-order valence-corrected chi connectivity index (χ2v) is 9.14. The number of hydrogen-bond acceptors (Lipinski definition) is 14. The van der Waals surface area contributed by atoms with E-state index in [4.69, 9.17) is 23.7 Å². The molecule has 2 aromatic heterocycles. The first-order chi connectivity index (χ1) is 18.5. The van der Waals surface area contributed by atoms with E-state index in [1.54, 1.807) is 12.1 Å². The van der Waals surface area contributed by atoms with Gasteiger partial charge in [0.1, 0.15) is 6.61 Å². The van der Waals surface area contributed by atoms with E-state index in [1.807, 2.05) is 18.2 Å². The van der Waals surface area contributed by atoms with E-state index in [1.165, 1.54) is 4.52 Å². The number of aromatic nitrogens is 4. The lowest BCUT2D eigenvalue weighted by Crippen LogP contribution is -2.50. The predicted octanol–water partition coefficient (Wildman–Crippen LogP) is 1.82. The smallest absolute Gasteiger partial charge is 0.303 e. The minimum absolute atomic E-state index is 0.102. The molecule has 0 aliphatic heterocycles. The number of benzene rings is 1. The van der Waals surface area contributed by atoms with Crippen molar-refractivity contribution in [2.75, 3.05) is 6.61 Å². The highest BCUT2D eigenvalue weighted by Crippen LogP contribution is 2.34. The number of nitrogens with zero attached hydrogens (tertiary/aromatic N) is 4. The highest BCUT2D eigenvalue weighted by atomic mass is 32.1. The molecule has 0 fully saturated rings. The number of rotatable bonds is 11. The van der Waals surface area contributed by atoms with Crippen molar-refractivity contribution in [3.05, 3.63) is 35.3 Å². The Bertz CT molecular complexity index is 1360. The second-order valence-electron chi connectivity index (χ2n) is 8.15. The molecule has 0 aliphatic carbocycles. The van der Waals surface area contributed by atoms with E-state index < -0.39 is 60.9 Å². The van der Waals surface area contributed by atoms with Gasteiger partial charge in [0.25, 0.3) is 0 Å². The summed E-state index contributed by atoms with van der Waals surface area (Å²) in [6.07, 6.45) is -6.06. The molecule has 3 aromatic rings. The first kappa shape index (κ1) is 29.2. The number of carbonyl (C=O) groups excluding carboxylic acids is 5. The van der Waals surface area contributed by atoms with Crippen molar-refractivity contribution in [3.63, 3.8) is 0 Å². The Hall–Kier alpha value is -4.40.